The monoisotopic (exact) mass is 251 g/mol. The van der Waals surface area contributed by atoms with E-state index in [4.69, 9.17) is 5.11 Å². The molecule has 0 radical (unpaired) electrons. The first-order chi connectivity index (χ1) is 8.58. The van der Waals surface area contributed by atoms with Gasteiger partial charge in [0.25, 0.3) is 0 Å². The summed E-state index contributed by atoms with van der Waals surface area (Å²) in [5, 5.41) is 8.89. The topological polar surface area (TPSA) is 57.6 Å². The van der Waals surface area contributed by atoms with Gasteiger partial charge >= 0.3 is 5.97 Å². The quantitative estimate of drug-likeness (QED) is 0.778. The van der Waals surface area contributed by atoms with Gasteiger partial charge in [-0.05, 0) is 25.7 Å². The van der Waals surface area contributed by atoms with Gasteiger partial charge in [0.05, 0.1) is 5.92 Å². The van der Waals surface area contributed by atoms with E-state index in [-0.39, 0.29) is 17.7 Å². The van der Waals surface area contributed by atoms with Crippen LogP contribution in [0.15, 0.2) is 11.6 Å². The van der Waals surface area contributed by atoms with E-state index in [1.807, 2.05) is 0 Å². The van der Waals surface area contributed by atoms with Crippen LogP contribution < -0.4 is 0 Å². The third-order valence-corrected chi connectivity index (χ3v) is 4.12. The summed E-state index contributed by atoms with van der Waals surface area (Å²) in [6.07, 6.45) is 7.31. The highest BCUT2D eigenvalue weighted by Crippen LogP contribution is 2.27. The van der Waals surface area contributed by atoms with E-state index >= 15 is 0 Å². The average Bonchev–Trinajstić information content (AvgIpc) is 2.28. The minimum atomic E-state index is -0.762. The number of nitrogens with zero attached hydrogens (tertiary/aromatic N) is 1. The molecule has 1 saturated heterocycles. The number of carbonyl (C=O) groups is 2. The Morgan fingerprint density at radius 2 is 2.17 bits per heavy atom. The molecular formula is C14H21NO3. The Balaban J connectivity index is 1.76. The van der Waals surface area contributed by atoms with Crippen molar-refractivity contribution in [2.24, 2.45) is 11.8 Å². The molecule has 1 heterocycles. The molecule has 0 spiro atoms. The highest BCUT2D eigenvalue weighted by Gasteiger charge is 2.36. The van der Waals surface area contributed by atoms with Crippen LogP contribution in [0.2, 0.25) is 0 Å². The van der Waals surface area contributed by atoms with Crippen LogP contribution >= 0.6 is 0 Å². The zero-order valence-electron chi connectivity index (χ0n) is 10.9. The second-order valence-electron chi connectivity index (χ2n) is 5.47. The van der Waals surface area contributed by atoms with Crippen molar-refractivity contribution in [3.8, 4) is 0 Å². The van der Waals surface area contributed by atoms with Crippen molar-refractivity contribution >= 4 is 11.9 Å². The maximum atomic E-state index is 12.0. The van der Waals surface area contributed by atoms with Crippen molar-refractivity contribution in [3.63, 3.8) is 0 Å². The third-order valence-electron chi connectivity index (χ3n) is 4.12. The van der Waals surface area contributed by atoms with Gasteiger partial charge in [-0.15, -0.1) is 0 Å². The van der Waals surface area contributed by atoms with Crippen LogP contribution in [0.1, 0.15) is 39.0 Å². The van der Waals surface area contributed by atoms with Crippen LogP contribution in [0.5, 0.6) is 0 Å². The lowest BCUT2D eigenvalue weighted by atomic mass is 9.86. The van der Waals surface area contributed by atoms with Crippen molar-refractivity contribution in [1.29, 1.82) is 0 Å². The van der Waals surface area contributed by atoms with Crippen molar-refractivity contribution in [2.75, 3.05) is 13.1 Å². The van der Waals surface area contributed by atoms with E-state index in [2.05, 4.69) is 6.08 Å². The summed E-state index contributed by atoms with van der Waals surface area (Å²) in [6.45, 7) is 2.94. The minimum Gasteiger partial charge on any atom is -0.481 e. The Morgan fingerprint density at radius 1 is 1.44 bits per heavy atom. The molecule has 1 fully saturated rings. The molecule has 0 aromatic rings. The molecule has 1 amide bonds. The minimum absolute atomic E-state index is 0.131. The van der Waals surface area contributed by atoms with Crippen LogP contribution in [-0.4, -0.2) is 35.0 Å². The van der Waals surface area contributed by atoms with Gasteiger partial charge in [0.1, 0.15) is 0 Å². The van der Waals surface area contributed by atoms with Crippen LogP contribution in [0, 0.1) is 11.8 Å². The van der Waals surface area contributed by atoms with E-state index in [0.717, 1.165) is 12.8 Å². The van der Waals surface area contributed by atoms with Crippen LogP contribution in [0.25, 0.3) is 0 Å². The first-order valence-electron chi connectivity index (χ1n) is 6.76. The summed E-state index contributed by atoms with van der Waals surface area (Å²) < 4.78 is 0. The molecule has 1 atom stereocenters. The second-order valence-corrected chi connectivity index (χ2v) is 5.47. The van der Waals surface area contributed by atoms with Crippen LogP contribution in [0.4, 0.5) is 0 Å². The molecule has 1 unspecified atom stereocenters. The molecule has 4 nitrogen and oxygen atoms in total. The summed E-state index contributed by atoms with van der Waals surface area (Å²) in [6, 6.07) is 0. The first-order valence-corrected chi connectivity index (χ1v) is 6.76. The van der Waals surface area contributed by atoms with Crippen LogP contribution in [0.3, 0.4) is 0 Å². The number of amides is 1. The fraction of sp³-hybridized carbons (Fsp3) is 0.714. The lowest BCUT2D eigenvalue weighted by Gasteiger charge is -2.41. The SMILES string of the molecule is CC(C(=O)O)C1CN(C(=O)CC2=CCCCC2)C1. The van der Waals surface area contributed by atoms with Gasteiger partial charge < -0.3 is 10.0 Å². The first kappa shape index (κ1) is 13.1. The highest BCUT2D eigenvalue weighted by atomic mass is 16.4. The fourth-order valence-corrected chi connectivity index (χ4v) is 2.61. The Labute approximate surface area is 108 Å². The second kappa shape index (κ2) is 5.55. The van der Waals surface area contributed by atoms with Gasteiger partial charge in [0, 0.05) is 25.4 Å². The van der Waals surface area contributed by atoms with Gasteiger partial charge in [-0.3, -0.25) is 9.59 Å². The number of hydrogen-bond acceptors (Lipinski definition) is 2. The van der Waals surface area contributed by atoms with Gasteiger partial charge in [0.2, 0.25) is 5.91 Å². The zero-order valence-corrected chi connectivity index (χ0v) is 10.9. The molecule has 1 aliphatic carbocycles. The molecule has 18 heavy (non-hydrogen) atoms. The van der Waals surface area contributed by atoms with Gasteiger partial charge in [-0.25, -0.2) is 0 Å². The number of likely N-dealkylation sites (tertiary alicyclic amines) is 1. The van der Waals surface area contributed by atoms with Crippen molar-refractivity contribution in [1.82, 2.24) is 4.90 Å². The number of allylic oxidation sites excluding steroid dienone is 1. The van der Waals surface area contributed by atoms with Crippen molar-refractivity contribution in [3.05, 3.63) is 11.6 Å². The third kappa shape index (κ3) is 2.92. The van der Waals surface area contributed by atoms with E-state index in [9.17, 15) is 9.59 Å². The normalized spacial score (nSPS) is 22.1. The zero-order chi connectivity index (χ0) is 13.1. The van der Waals surface area contributed by atoms with Gasteiger partial charge in [0.15, 0.2) is 0 Å². The molecule has 100 valence electrons. The van der Waals surface area contributed by atoms with E-state index < -0.39 is 5.97 Å². The van der Waals surface area contributed by atoms with Gasteiger partial charge in [-0.1, -0.05) is 18.6 Å². The summed E-state index contributed by atoms with van der Waals surface area (Å²) in [4.78, 5) is 24.6. The number of rotatable bonds is 4. The Kier molecular flexibility index (Phi) is 4.04. The predicted octanol–water partition coefficient (Wildman–Crippen LogP) is 2.06. The molecule has 2 rings (SSSR count). The average molecular weight is 251 g/mol. The lowest BCUT2D eigenvalue weighted by Crippen LogP contribution is -2.53. The molecule has 1 N–H and O–H groups in total. The molecule has 0 saturated carbocycles. The standard InChI is InChI=1S/C14H21NO3/c1-10(14(17)18)12-8-15(9-12)13(16)7-11-5-3-2-4-6-11/h5,10,12H,2-4,6-9H2,1H3,(H,17,18). The smallest absolute Gasteiger partial charge is 0.306 e. The van der Waals surface area contributed by atoms with E-state index in [0.29, 0.717) is 19.5 Å². The summed E-state index contributed by atoms with van der Waals surface area (Å²) in [5.41, 5.74) is 1.26. The molecule has 2 aliphatic rings. The van der Waals surface area contributed by atoms with E-state index in [1.165, 1.54) is 18.4 Å². The Morgan fingerprint density at radius 3 is 2.72 bits per heavy atom. The van der Waals surface area contributed by atoms with Crippen LogP contribution in [-0.2, 0) is 9.59 Å². The number of hydrogen-bond donors (Lipinski definition) is 1. The van der Waals surface area contributed by atoms with E-state index in [1.54, 1.807) is 11.8 Å². The number of aliphatic carboxylic acids is 1. The summed E-state index contributed by atoms with van der Waals surface area (Å²) in [7, 11) is 0. The molecule has 0 aromatic carbocycles. The molecule has 1 aliphatic heterocycles. The van der Waals surface area contributed by atoms with Crippen molar-refractivity contribution < 1.29 is 14.7 Å². The fourth-order valence-electron chi connectivity index (χ4n) is 2.61. The molecule has 4 heteroatoms. The maximum Gasteiger partial charge on any atom is 0.306 e. The Hall–Kier alpha value is -1.32. The highest BCUT2D eigenvalue weighted by molar-refractivity contribution is 5.80. The molecule has 0 aromatic heterocycles. The van der Waals surface area contributed by atoms with Crippen molar-refractivity contribution in [2.45, 2.75) is 39.0 Å². The molecular weight excluding hydrogens is 230 g/mol. The maximum absolute atomic E-state index is 12.0. The van der Waals surface area contributed by atoms with Gasteiger partial charge in [-0.2, -0.15) is 0 Å². The predicted molar refractivity (Wildman–Crippen MR) is 68.0 cm³/mol. The summed E-state index contributed by atoms with van der Waals surface area (Å²) >= 11 is 0. The summed E-state index contributed by atoms with van der Waals surface area (Å²) in [5.74, 6) is -0.811. The number of carbonyl (C=O) groups excluding carboxylic acids is 1. The lowest BCUT2D eigenvalue weighted by molar-refractivity contribution is -0.150. The Bertz CT molecular complexity index is 369. The number of carboxylic acid groups (broad SMARTS) is 1. The molecule has 0 bridgehead atoms. The number of carboxylic acids is 1. The largest absolute Gasteiger partial charge is 0.481 e.